The van der Waals surface area contributed by atoms with Gasteiger partial charge in [0.2, 0.25) is 11.9 Å². The van der Waals surface area contributed by atoms with E-state index in [4.69, 9.17) is 4.74 Å². The Labute approximate surface area is 235 Å². The highest BCUT2D eigenvalue weighted by atomic mass is 19.4. The Balaban J connectivity index is 1.37. The number of nitrogens with zero attached hydrogens (tertiary/aromatic N) is 5. The number of ether oxygens (including phenoxy) is 1. The van der Waals surface area contributed by atoms with E-state index in [1.807, 2.05) is 6.07 Å². The fraction of sp³-hybridized carbons (Fsp3) is 0.345. The minimum atomic E-state index is -4.47. The number of carbonyl (C=O) groups is 1. The summed E-state index contributed by atoms with van der Waals surface area (Å²) in [6.07, 6.45) is -2.95. The Morgan fingerprint density at radius 1 is 1.00 bits per heavy atom. The van der Waals surface area contributed by atoms with Crippen LogP contribution in [-0.2, 0) is 24.6 Å². The van der Waals surface area contributed by atoms with Gasteiger partial charge in [0.15, 0.2) is 0 Å². The number of amides is 1. The van der Waals surface area contributed by atoms with Crippen molar-refractivity contribution in [2.45, 2.75) is 26.6 Å². The number of fused-ring (bicyclic) bond motifs is 1. The summed E-state index contributed by atoms with van der Waals surface area (Å²) >= 11 is 0. The quantitative estimate of drug-likeness (QED) is 0.286. The number of carbonyl (C=O) groups excluding carboxylic acids is 1. The highest BCUT2D eigenvalue weighted by molar-refractivity contribution is 5.87. The first-order valence-electron chi connectivity index (χ1n) is 13.4. The van der Waals surface area contributed by atoms with Crippen molar-refractivity contribution < 1.29 is 22.7 Å². The van der Waals surface area contributed by atoms with Crippen LogP contribution in [0, 0.1) is 0 Å². The van der Waals surface area contributed by atoms with Gasteiger partial charge in [-0.15, -0.1) is 0 Å². The molecule has 0 bridgehead atoms. The van der Waals surface area contributed by atoms with Gasteiger partial charge in [-0.3, -0.25) is 9.69 Å². The van der Waals surface area contributed by atoms with Crippen LogP contribution in [0.5, 0.6) is 11.5 Å². The van der Waals surface area contributed by atoms with Crippen molar-refractivity contribution in [1.82, 2.24) is 24.3 Å². The largest absolute Gasteiger partial charge is 0.457 e. The van der Waals surface area contributed by atoms with Crippen molar-refractivity contribution >= 4 is 34.4 Å². The van der Waals surface area contributed by atoms with Gasteiger partial charge in [0.1, 0.15) is 17.3 Å². The molecular weight excluding hydrogens is 535 g/mol. The molecule has 0 radical (unpaired) electrons. The molecule has 0 saturated carbocycles. The third-order valence-corrected chi connectivity index (χ3v) is 7.02. The summed E-state index contributed by atoms with van der Waals surface area (Å²) in [5, 5.41) is 5.71. The standard InChI is InChI=1S/C29H32F3N7O2/c1-4-38-9-11-39(12-10-38)18-20-13-21(29(30,31)32)15-22(14-20)35-28-36-25-16-23(5-6-26(25)37(28)3)41-24-7-8-33-27(17-24)34-19(2)40/h5-8,13-17H,4,9-12,18H2,1-3H3,(H,35,36)(H,33,34,40). The monoisotopic (exact) mass is 567 g/mol. The molecule has 2 aromatic heterocycles. The van der Waals surface area contributed by atoms with Crippen LogP contribution < -0.4 is 15.4 Å². The molecule has 0 atom stereocenters. The summed E-state index contributed by atoms with van der Waals surface area (Å²) in [5.74, 6) is 1.50. The second kappa shape index (κ2) is 11.8. The van der Waals surface area contributed by atoms with Crippen LogP contribution in [0.4, 0.5) is 30.6 Å². The number of nitrogens with one attached hydrogen (secondary N) is 2. The molecule has 1 aliphatic heterocycles. The number of anilines is 3. The van der Waals surface area contributed by atoms with E-state index in [-0.39, 0.29) is 5.91 Å². The van der Waals surface area contributed by atoms with Gasteiger partial charge >= 0.3 is 6.18 Å². The van der Waals surface area contributed by atoms with E-state index in [0.717, 1.165) is 44.3 Å². The van der Waals surface area contributed by atoms with Crippen LogP contribution in [0.3, 0.4) is 0 Å². The maximum Gasteiger partial charge on any atom is 0.416 e. The molecule has 9 nitrogen and oxygen atoms in total. The lowest BCUT2D eigenvalue weighted by Crippen LogP contribution is -2.45. The molecule has 12 heteroatoms. The number of hydrogen-bond donors (Lipinski definition) is 2. The first kappa shape index (κ1) is 28.4. The van der Waals surface area contributed by atoms with E-state index in [9.17, 15) is 18.0 Å². The van der Waals surface area contributed by atoms with Crippen LogP contribution in [0.1, 0.15) is 25.0 Å². The Bertz CT molecular complexity index is 1550. The highest BCUT2D eigenvalue weighted by Gasteiger charge is 2.31. The van der Waals surface area contributed by atoms with Crippen molar-refractivity contribution in [2.75, 3.05) is 43.4 Å². The molecule has 2 N–H and O–H groups in total. The molecule has 3 heterocycles. The zero-order valence-electron chi connectivity index (χ0n) is 23.1. The molecule has 4 aromatic rings. The van der Waals surface area contributed by atoms with E-state index < -0.39 is 11.7 Å². The molecule has 41 heavy (non-hydrogen) atoms. The fourth-order valence-corrected chi connectivity index (χ4v) is 4.88. The summed E-state index contributed by atoms with van der Waals surface area (Å²) < 4.78 is 49.2. The van der Waals surface area contributed by atoms with E-state index >= 15 is 0 Å². The summed E-state index contributed by atoms with van der Waals surface area (Å²) in [4.78, 5) is 24.5. The number of benzene rings is 2. The maximum absolute atomic E-state index is 13.8. The van der Waals surface area contributed by atoms with Crippen LogP contribution in [0.15, 0.2) is 54.7 Å². The predicted octanol–water partition coefficient (Wildman–Crippen LogP) is 5.62. The predicted molar refractivity (Wildman–Crippen MR) is 151 cm³/mol. The van der Waals surface area contributed by atoms with Crippen molar-refractivity contribution in [3.05, 3.63) is 65.9 Å². The van der Waals surface area contributed by atoms with Crippen molar-refractivity contribution in [3.8, 4) is 11.5 Å². The van der Waals surface area contributed by atoms with E-state index in [2.05, 4.69) is 37.3 Å². The number of alkyl halides is 3. The van der Waals surface area contributed by atoms with Gasteiger partial charge < -0.3 is 24.8 Å². The number of piperazine rings is 1. The Morgan fingerprint density at radius 2 is 1.73 bits per heavy atom. The minimum Gasteiger partial charge on any atom is -0.457 e. The zero-order chi connectivity index (χ0) is 29.1. The van der Waals surface area contributed by atoms with Gasteiger partial charge in [-0.2, -0.15) is 13.2 Å². The van der Waals surface area contributed by atoms with Crippen LogP contribution in [-0.4, -0.2) is 63.0 Å². The first-order chi connectivity index (χ1) is 19.6. The third-order valence-electron chi connectivity index (χ3n) is 7.02. The molecule has 1 saturated heterocycles. The number of likely N-dealkylation sites (N-methyl/N-ethyl adjacent to an activating group) is 1. The summed E-state index contributed by atoms with van der Waals surface area (Å²) in [6, 6.07) is 12.7. The average Bonchev–Trinajstić information content (AvgIpc) is 3.22. The van der Waals surface area contributed by atoms with Crippen LogP contribution >= 0.6 is 0 Å². The normalized spacial score (nSPS) is 14.8. The molecule has 5 rings (SSSR count). The number of rotatable bonds is 8. The molecular formula is C29H32F3N7O2. The fourth-order valence-electron chi connectivity index (χ4n) is 4.88. The van der Waals surface area contributed by atoms with Gasteiger partial charge in [-0.25, -0.2) is 9.97 Å². The van der Waals surface area contributed by atoms with E-state index in [0.29, 0.717) is 46.6 Å². The van der Waals surface area contributed by atoms with E-state index in [1.54, 1.807) is 41.9 Å². The Kier molecular flexibility index (Phi) is 8.13. The molecule has 0 unspecified atom stereocenters. The SMILES string of the molecule is CCN1CCN(Cc2cc(Nc3nc4cc(Oc5ccnc(NC(C)=O)c5)ccc4n3C)cc(C(F)(F)F)c2)CC1. The molecule has 216 valence electrons. The number of halogens is 3. The van der Waals surface area contributed by atoms with Gasteiger partial charge in [0.25, 0.3) is 0 Å². The Morgan fingerprint density at radius 3 is 2.44 bits per heavy atom. The number of pyridine rings is 1. The molecule has 0 spiro atoms. The first-order valence-corrected chi connectivity index (χ1v) is 13.4. The van der Waals surface area contributed by atoms with Crippen LogP contribution in [0.2, 0.25) is 0 Å². The number of aromatic nitrogens is 3. The molecule has 1 fully saturated rings. The number of imidazole rings is 1. The Hall–Kier alpha value is -4.16. The van der Waals surface area contributed by atoms with Gasteiger partial charge in [-0.1, -0.05) is 6.92 Å². The highest BCUT2D eigenvalue weighted by Crippen LogP contribution is 2.34. The third kappa shape index (κ3) is 6.95. The summed E-state index contributed by atoms with van der Waals surface area (Å²) in [5.41, 5.74) is 1.59. The lowest BCUT2D eigenvalue weighted by molar-refractivity contribution is -0.137. The van der Waals surface area contributed by atoms with Gasteiger partial charge in [-0.05, 0) is 48.5 Å². The molecule has 0 aliphatic carbocycles. The van der Waals surface area contributed by atoms with Crippen molar-refractivity contribution in [3.63, 3.8) is 0 Å². The number of aryl methyl sites for hydroxylation is 1. The molecule has 1 aliphatic rings. The van der Waals surface area contributed by atoms with Gasteiger partial charge in [0, 0.05) is 70.7 Å². The number of hydrogen-bond acceptors (Lipinski definition) is 7. The second-order valence-electron chi connectivity index (χ2n) is 10.1. The summed E-state index contributed by atoms with van der Waals surface area (Å²) in [6.45, 7) is 8.36. The minimum absolute atomic E-state index is 0.243. The van der Waals surface area contributed by atoms with Crippen molar-refractivity contribution in [2.24, 2.45) is 7.05 Å². The molecule has 1 amide bonds. The smallest absolute Gasteiger partial charge is 0.416 e. The van der Waals surface area contributed by atoms with Crippen molar-refractivity contribution in [1.29, 1.82) is 0 Å². The van der Waals surface area contributed by atoms with Gasteiger partial charge in [0.05, 0.1) is 16.6 Å². The maximum atomic E-state index is 13.8. The second-order valence-corrected chi connectivity index (χ2v) is 10.1. The topological polar surface area (TPSA) is 87.6 Å². The lowest BCUT2D eigenvalue weighted by Gasteiger charge is -2.34. The lowest BCUT2D eigenvalue weighted by atomic mass is 10.1. The zero-order valence-corrected chi connectivity index (χ0v) is 23.1. The van der Waals surface area contributed by atoms with E-state index in [1.165, 1.54) is 19.2 Å². The molecule has 2 aromatic carbocycles. The van der Waals surface area contributed by atoms with Crippen LogP contribution in [0.25, 0.3) is 11.0 Å². The average molecular weight is 568 g/mol. The summed E-state index contributed by atoms with van der Waals surface area (Å²) in [7, 11) is 1.79.